The third kappa shape index (κ3) is 3.13. The first-order valence-electron chi connectivity index (χ1n) is 7.98. The molecule has 3 rings (SSSR count). The second-order valence-corrected chi connectivity index (χ2v) is 6.32. The number of carbonyl (C=O) groups excluding carboxylic acids is 1. The number of ether oxygens (including phenoxy) is 1. The molecule has 2 atom stereocenters. The van der Waals surface area contributed by atoms with E-state index in [0.29, 0.717) is 0 Å². The number of rotatable bonds is 3. The highest BCUT2D eigenvalue weighted by Gasteiger charge is 2.22. The van der Waals surface area contributed by atoms with Gasteiger partial charge in [-0.25, -0.2) is 0 Å². The van der Waals surface area contributed by atoms with Crippen LogP contribution in [0.3, 0.4) is 0 Å². The van der Waals surface area contributed by atoms with Crippen LogP contribution in [0.1, 0.15) is 57.3 Å². The van der Waals surface area contributed by atoms with Gasteiger partial charge in [-0.1, -0.05) is 48.6 Å². The number of aryl methyl sites for hydroxylation is 2. The van der Waals surface area contributed by atoms with Crippen LogP contribution < -0.4 is 0 Å². The Morgan fingerprint density at radius 1 is 0.870 bits per heavy atom. The normalized spacial score (nSPS) is 20.0. The molecule has 118 valence electrons. The molecule has 0 unspecified atom stereocenters. The minimum atomic E-state index is -0.0528. The minimum Gasteiger partial charge on any atom is -0.357 e. The summed E-state index contributed by atoms with van der Waals surface area (Å²) in [6.07, 6.45) is 4.15. The van der Waals surface area contributed by atoms with Gasteiger partial charge < -0.3 is 4.74 Å². The Balaban J connectivity index is 1.79. The minimum absolute atomic E-state index is 0.00881. The summed E-state index contributed by atoms with van der Waals surface area (Å²) in [4.78, 5) is 11.4. The zero-order valence-corrected chi connectivity index (χ0v) is 14.1. The van der Waals surface area contributed by atoms with E-state index in [0.717, 1.165) is 11.1 Å². The van der Waals surface area contributed by atoms with E-state index >= 15 is 0 Å². The first-order valence-corrected chi connectivity index (χ1v) is 7.98. The molecule has 2 heteroatoms. The highest BCUT2D eigenvalue weighted by Crippen LogP contribution is 2.36. The van der Waals surface area contributed by atoms with Crippen molar-refractivity contribution in [1.82, 2.24) is 0 Å². The molecule has 2 aromatic carbocycles. The maximum atomic E-state index is 11.4. The highest BCUT2D eigenvalue weighted by atomic mass is 16.5. The van der Waals surface area contributed by atoms with Crippen LogP contribution >= 0.6 is 0 Å². The van der Waals surface area contributed by atoms with Crippen LogP contribution in [0, 0.1) is 20.8 Å². The lowest BCUT2D eigenvalue weighted by atomic mass is 9.98. The number of ketones is 1. The molecule has 0 bridgehead atoms. The number of carbonyl (C=O) groups is 1. The Kier molecular flexibility index (Phi) is 4.18. The van der Waals surface area contributed by atoms with Gasteiger partial charge in [0.1, 0.15) is 12.2 Å². The lowest BCUT2D eigenvalue weighted by Gasteiger charge is -2.17. The molecular formula is C21H22O2. The molecule has 0 radical (unpaired) electrons. The molecule has 1 heterocycles. The molecule has 0 aromatic heterocycles. The van der Waals surface area contributed by atoms with E-state index in [1.165, 1.54) is 22.3 Å². The number of Topliss-reactive ketones (excluding diaryl/α,β-unsaturated/α-hetero) is 1. The Hall–Kier alpha value is -2.19. The van der Waals surface area contributed by atoms with Gasteiger partial charge in [0, 0.05) is 5.56 Å². The zero-order valence-electron chi connectivity index (χ0n) is 14.1. The van der Waals surface area contributed by atoms with Gasteiger partial charge in [0.2, 0.25) is 0 Å². The Morgan fingerprint density at radius 3 is 1.91 bits per heavy atom. The lowest BCUT2D eigenvalue weighted by Crippen LogP contribution is -2.03. The lowest BCUT2D eigenvalue weighted by molar-refractivity contribution is 0.0602. The fourth-order valence-electron chi connectivity index (χ4n) is 2.97. The number of benzene rings is 2. The molecule has 1 aliphatic heterocycles. The van der Waals surface area contributed by atoms with Gasteiger partial charge in [0.05, 0.1) is 0 Å². The summed E-state index contributed by atoms with van der Waals surface area (Å²) >= 11 is 0. The zero-order chi connectivity index (χ0) is 16.6. The third-order valence-electron chi connectivity index (χ3n) is 4.68. The van der Waals surface area contributed by atoms with Crippen LogP contribution in [0.5, 0.6) is 0 Å². The van der Waals surface area contributed by atoms with Crippen LogP contribution in [0.15, 0.2) is 48.6 Å². The van der Waals surface area contributed by atoms with Crippen molar-refractivity contribution in [3.05, 3.63) is 81.9 Å². The summed E-state index contributed by atoms with van der Waals surface area (Å²) < 4.78 is 6.19. The first kappa shape index (κ1) is 15.7. The quantitative estimate of drug-likeness (QED) is 0.576. The summed E-state index contributed by atoms with van der Waals surface area (Å²) in [5, 5.41) is 0. The molecule has 0 saturated heterocycles. The van der Waals surface area contributed by atoms with Crippen molar-refractivity contribution in [2.45, 2.75) is 39.9 Å². The number of hydrogen-bond donors (Lipinski definition) is 0. The molecule has 2 nitrogen and oxygen atoms in total. The van der Waals surface area contributed by atoms with Crippen molar-refractivity contribution >= 4 is 5.78 Å². The van der Waals surface area contributed by atoms with Crippen LogP contribution in [0.25, 0.3) is 0 Å². The summed E-state index contributed by atoms with van der Waals surface area (Å²) in [5.74, 6) is 0.0860. The van der Waals surface area contributed by atoms with Crippen LogP contribution in [0.4, 0.5) is 0 Å². The molecule has 0 aliphatic carbocycles. The standard InChI is InChI=1S/C21H22O2/c1-13-11-19(12-14(2)15(13)3)21-10-9-20(23-21)18-7-5-17(6-8-18)16(4)22/h5-12,20-21H,1-4H3/t20-,21-/m0/s1. The molecule has 0 amide bonds. The monoisotopic (exact) mass is 306 g/mol. The molecular weight excluding hydrogens is 284 g/mol. The van der Waals surface area contributed by atoms with Crippen LogP contribution in [0.2, 0.25) is 0 Å². The predicted octanol–water partition coefficient (Wildman–Crippen LogP) is 5.18. The number of hydrogen-bond acceptors (Lipinski definition) is 2. The average molecular weight is 306 g/mol. The van der Waals surface area contributed by atoms with E-state index < -0.39 is 0 Å². The fraction of sp³-hybridized carbons (Fsp3) is 0.286. The van der Waals surface area contributed by atoms with Crippen molar-refractivity contribution in [2.24, 2.45) is 0 Å². The van der Waals surface area contributed by atoms with E-state index in [9.17, 15) is 4.79 Å². The largest absolute Gasteiger partial charge is 0.357 e. The third-order valence-corrected chi connectivity index (χ3v) is 4.68. The van der Waals surface area contributed by atoms with Crippen LogP contribution in [-0.2, 0) is 4.74 Å². The molecule has 0 saturated carbocycles. The van der Waals surface area contributed by atoms with Gasteiger partial charge in [-0.15, -0.1) is 0 Å². The van der Waals surface area contributed by atoms with E-state index in [1.807, 2.05) is 24.3 Å². The maximum Gasteiger partial charge on any atom is 0.159 e. The van der Waals surface area contributed by atoms with E-state index in [-0.39, 0.29) is 18.0 Å². The molecule has 23 heavy (non-hydrogen) atoms. The van der Waals surface area contributed by atoms with Crippen molar-refractivity contribution in [1.29, 1.82) is 0 Å². The van der Waals surface area contributed by atoms with E-state index in [2.05, 4.69) is 45.1 Å². The summed E-state index contributed by atoms with van der Waals surface area (Å²) in [6.45, 7) is 8.02. The SMILES string of the molecule is CC(=O)c1ccc([C@@H]2C=C[C@@H](c3cc(C)c(C)c(C)c3)O2)cc1. The van der Waals surface area contributed by atoms with E-state index in [1.54, 1.807) is 6.92 Å². The van der Waals surface area contributed by atoms with Gasteiger partial charge in [-0.05, 0) is 55.5 Å². The highest BCUT2D eigenvalue weighted by molar-refractivity contribution is 5.94. The van der Waals surface area contributed by atoms with Crippen LogP contribution in [-0.4, -0.2) is 5.78 Å². The second-order valence-electron chi connectivity index (χ2n) is 6.32. The topological polar surface area (TPSA) is 26.3 Å². The maximum absolute atomic E-state index is 11.4. The average Bonchev–Trinajstić information content (AvgIpc) is 3.02. The Labute approximate surface area is 137 Å². The second kappa shape index (κ2) is 6.13. The Bertz CT molecular complexity index is 746. The molecule has 0 N–H and O–H groups in total. The van der Waals surface area contributed by atoms with Crippen molar-refractivity contribution in [2.75, 3.05) is 0 Å². The predicted molar refractivity (Wildman–Crippen MR) is 92.8 cm³/mol. The first-order chi connectivity index (χ1) is 11.0. The van der Waals surface area contributed by atoms with Gasteiger partial charge >= 0.3 is 0 Å². The molecule has 1 aliphatic rings. The van der Waals surface area contributed by atoms with Gasteiger partial charge in [-0.3, -0.25) is 4.79 Å². The summed E-state index contributed by atoms with van der Waals surface area (Å²) in [5.41, 5.74) is 6.95. The van der Waals surface area contributed by atoms with Gasteiger partial charge in [-0.2, -0.15) is 0 Å². The van der Waals surface area contributed by atoms with Gasteiger partial charge in [0.15, 0.2) is 5.78 Å². The van der Waals surface area contributed by atoms with Crippen molar-refractivity contribution in [3.63, 3.8) is 0 Å². The smallest absolute Gasteiger partial charge is 0.159 e. The fourth-order valence-corrected chi connectivity index (χ4v) is 2.97. The summed E-state index contributed by atoms with van der Waals surface area (Å²) in [6, 6.07) is 12.1. The van der Waals surface area contributed by atoms with Crippen molar-refractivity contribution in [3.8, 4) is 0 Å². The molecule has 0 spiro atoms. The molecule has 2 aromatic rings. The van der Waals surface area contributed by atoms with E-state index in [4.69, 9.17) is 4.74 Å². The Morgan fingerprint density at radius 2 is 1.39 bits per heavy atom. The van der Waals surface area contributed by atoms with Crippen molar-refractivity contribution < 1.29 is 9.53 Å². The summed E-state index contributed by atoms with van der Waals surface area (Å²) in [7, 11) is 0. The molecule has 0 fully saturated rings. The van der Waals surface area contributed by atoms with Gasteiger partial charge in [0.25, 0.3) is 0 Å².